The van der Waals surface area contributed by atoms with Crippen LogP contribution in [0.15, 0.2) is 11.4 Å². The molecule has 4 rings (SSSR count). The molecule has 3 heterocycles. The van der Waals surface area contributed by atoms with Crippen molar-refractivity contribution in [1.29, 1.82) is 0 Å². The quantitative estimate of drug-likeness (QED) is 0.668. The van der Waals surface area contributed by atoms with Crippen molar-refractivity contribution in [3.63, 3.8) is 0 Å². The van der Waals surface area contributed by atoms with Crippen LogP contribution in [0.5, 0.6) is 0 Å². The molecule has 0 aromatic carbocycles. The highest BCUT2D eigenvalue weighted by Gasteiger charge is 2.54. The van der Waals surface area contributed by atoms with E-state index in [1.165, 1.54) is 0 Å². The van der Waals surface area contributed by atoms with Crippen molar-refractivity contribution in [2.75, 3.05) is 11.5 Å². The zero-order chi connectivity index (χ0) is 16.9. The Bertz CT molecular complexity index is 831. The number of nitrogen functional groups attached to an aromatic ring is 2. The Kier molecular flexibility index (Phi) is 3.17. The Morgan fingerprint density at radius 1 is 1.25 bits per heavy atom. The van der Waals surface area contributed by atoms with Crippen molar-refractivity contribution >= 4 is 35.2 Å². The number of hydrogen-bond acceptors (Lipinski definition) is 8. The first kappa shape index (κ1) is 14.8. The third-order valence-corrected chi connectivity index (χ3v) is 5.33. The summed E-state index contributed by atoms with van der Waals surface area (Å²) in [4.78, 5) is 39.3. The van der Waals surface area contributed by atoms with E-state index in [1.807, 2.05) is 11.4 Å². The van der Waals surface area contributed by atoms with Gasteiger partial charge in [-0.1, -0.05) is 0 Å². The molecule has 10 heteroatoms. The van der Waals surface area contributed by atoms with Gasteiger partial charge in [0.2, 0.25) is 11.9 Å². The number of nitrogens with one attached hydrogen (secondary N) is 1. The highest BCUT2D eigenvalue weighted by molar-refractivity contribution is 7.10. The minimum absolute atomic E-state index is 0.0444. The third kappa shape index (κ3) is 2.10. The molecule has 0 unspecified atom stereocenters. The maximum Gasteiger partial charge on any atom is 0.325 e. The fraction of sp³-hybridized carbons (Fsp3) is 0.357. The first-order valence-electron chi connectivity index (χ1n) is 7.46. The molecule has 1 aliphatic heterocycles. The Labute approximate surface area is 141 Å². The van der Waals surface area contributed by atoms with Crippen molar-refractivity contribution in [2.45, 2.75) is 31.3 Å². The van der Waals surface area contributed by atoms with E-state index in [0.717, 1.165) is 28.2 Å². The third-order valence-electron chi connectivity index (χ3n) is 4.35. The van der Waals surface area contributed by atoms with Gasteiger partial charge in [0.25, 0.3) is 5.91 Å². The summed E-state index contributed by atoms with van der Waals surface area (Å²) in [5, 5.41) is 4.82. The van der Waals surface area contributed by atoms with Crippen LogP contribution in [-0.2, 0) is 23.3 Å². The van der Waals surface area contributed by atoms with Crippen LogP contribution < -0.4 is 16.8 Å². The van der Waals surface area contributed by atoms with Gasteiger partial charge in [-0.2, -0.15) is 15.0 Å². The van der Waals surface area contributed by atoms with E-state index in [2.05, 4.69) is 20.3 Å². The van der Waals surface area contributed by atoms with Crippen LogP contribution in [0.4, 0.5) is 16.7 Å². The number of rotatable bonds is 2. The first-order chi connectivity index (χ1) is 11.5. The molecule has 2 aliphatic rings. The number of anilines is 2. The zero-order valence-electron chi connectivity index (χ0n) is 12.7. The van der Waals surface area contributed by atoms with Crippen LogP contribution in [0, 0.1) is 0 Å². The van der Waals surface area contributed by atoms with Crippen molar-refractivity contribution in [3.8, 4) is 0 Å². The minimum Gasteiger partial charge on any atom is -0.368 e. The molecule has 0 saturated carbocycles. The van der Waals surface area contributed by atoms with Gasteiger partial charge in [0.1, 0.15) is 5.54 Å². The Morgan fingerprint density at radius 2 is 2.00 bits per heavy atom. The lowest BCUT2D eigenvalue weighted by Gasteiger charge is -2.31. The number of hydrogen-bond donors (Lipinski definition) is 3. The van der Waals surface area contributed by atoms with Gasteiger partial charge < -0.3 is 16.8 Å². The molecule has 0 radical (unpaired) electrons. The normalized spacial score (nSPS) is 22.8. The van der Waals surface area contributed by atoms with Crippen molar-refractivity contribution in [3.05, 3.63) is 27.7 Å². The van der Waals surface area contributed by atoms with Gasteiger partial charge in [0.05, 0.1) is 6.54 Å². The highest BCUT2D eigenvalue weighted by Crippen LogP contribution is 2.42. The minimum atomic E-state index is -0.977. The number of nitrogens with zero attached hydrogens (tertiary/aromatic N) is 4. The molecule has 1 aliphatic carbocycles. The van der Waals surface area contributed by atoms with Crippen LogP contribution in [0.3, 0.4) is 0 Å². The lowest BCUT2D eigenvalue weighted by molar-refractivity contribution is -0.132. The molecule has 24 heavy (non-hydrogen) atoms. The molecule has 3 amide bonds. The Balaban J connectivity index is 1.68. The number of amides is 3. The molecule has 0 bridgehead atoms. The topological polar surface area (TPSA) is 140 Å². The molecule has 124 valence electrons. The standard InChI is InChI=1S/C14H15N7O2S/c15-11-17-9(18-12(16)19-11)6-21-10(22)14(20-13(21)23)4-1-2-8-7(14)3-5-24-8/h3,5H,1-2,4,6H2,(H,20,23)(H4,15,16,17,18,19)/t14-/m1/s1. The van der Waals surface area contributed by atoms with Crippen molar-refractivity contribution in [2.24, 2.45) is 0 Å². The number of carbonyl (C=O) groups is 2. The van der Waals surface area contributed by atoms with Gasteiger partial charge in [0.15, 0.2) is 5.82 Å². The van der Waals surface area contributed by atoms with E-state index in [1.54, 1.807) is 11.3 Å². The lowest BCUT2D eigenvalue weighted by atomic mass is 9.80. The first-order valence-corrected chi connectivity index (χ1v) is 8.34. The predicted octanol–water partition coefficient (Wildman–Crippen LogP) is 0.381. The second kappa shape index (κ2) is 5.13. The van der Waals surface area contributed by atoms with Crippen LogP contribution in [0.25, 0.3) is 0 Å². The summed E-state index contributed by atoms with van der Waals surface area (Å²) >= 11 is 1.61. The van der Waals surface area contributed by atoms with Gasteiger partial charge in [-0.15, -0.1) is 11.3 Å². The summed E-state index contributed by atoms with van der Waals surface area (Å²) in [7, 11) is 0. The van der Waals surface area contributed by atoms with E-state index < -0.39 is 11.6 Å². The van der Waals surface area contributed by atoms with Crippen LogP contribution in [-0.4, -0.2) is 31.8 Å². The van der Waals surface area contributed by atoms with E-state index in [4.69, 9.17) is 11.5 Å². The summed E-state index contributed by atoms with van der Waals surface area (Å²) in [5.41, 5.74) is 11.0. The van der Waals surface area contributed by atoms with E-state index in [-0.39, 0.29) is 30.2 Å². The van der Waals surface area contributed by atoms with Crippen molar-refractivity contribution in [1.82, 2.24) is 25.2 Å². The number of nitrogens with two attached hydrogens (primary N) is 2. The fourth-order valence-corrected chi connectivity index (χ4v) is 4.35. The molecule has 1 saturated heterocycles. The SMILES string of the molecule is Nc1nc(N)nc(CN2C(=O)N[C@@]3(CCCc4sccc43)C2=O)n1. The average molecular weight is 345 g/mol. The lowest BCUT2D eigenvalue weighted by Crippen LogP contribution is -2.46. The second-order valence-corrected chi connectivity index (χ2v) is 6.81. The molecule has 2 aromatic heterocycles. The predicted molar refractivity (Wildman–Crippen MR) is 86.7 cm³/mol. The monoisotopic (exact) mass is 345 g/mol. The molecule has 1 fully saturated rings. The van der Waals surface area contributed by atoms with Gasteiger partial charge in [0, 0.05) is 10.4 Å². The molecular formula is C14H15N7O2S. The van der Waals surface area contributed by atoms with Gasteiger partial charge in [-0.3, -0.25) is 9.69 Å². The second-order valence-electron chi connectivity index (χ2n) is 5.81. The molecule has 1 spiro atoms. The highest BCUT2D eigenvalue weighted by atomic mass is 32.1. The smallest absolute Gasteiger partial charge is 0.325 e. The van der Waals surface area contributed by atoms with Gasteiger partial charge in [-0.05, 0) is 30.7 Å². The van der Waals surface area contributed by atoms with Gasteiger partial charge >= 0.3 is 6.03 Å². The number of carbonyl (C=O) groups excluding carboxylic acids is 2. The molecule has 9 nitrogen and oxygen atoms in total. The summed E-state index contributed by atoms with van der Waals surface area (Å²) in [5.74, 6) is -0.194. The van der Waals surface area contributed by atoms with Crippen LogP contribution in [0.1, 0.15) is 29.1 Å². The number of aromatic nitrogens is 3. The number of thiophene rings is 1. The van der Waals surface area contributed by atoms with E-state index in [9.17, 15) is 9.59 Å². The Morgan fingerprint density at radius 3 is 2.75 bits per heavy atom. The van der Waals surface area contributed by atoms with Crippen LogP contribution in [0.2, 0.25) is 0 Å². The fourth-order valence-electron chi connectivity index (χ4n) is 3.35. The molecule has 1 atom stereocenters. The van der Waals surface area contributed by atoms with E-state index >= 15 is 0 Å². The zero-order valence-corrected chi connectivity index (χ0v) is 13.5. The molecule has 2 aromatic rings. The molecule has 5 N–H and O–H groups in total. The number of fused-ring (bicyclic) bond motifs is 2. The number of imide groups is 1. The average Bonchev–Trinajstić information content (AvgIpc) is 3.08. The number of aryl methyl sites for hydroxylation is 1. The number of urea groups is 1. The summed E-state index contributed by atoms with van der Waals surface area (Å²) in [6.45, 7) is -0.0944. The van der Waals surface area contributed by atoms with Crippen molar-refractivity contribution < 1.29 is 9.59 Å². The Hall–Kier alpha value is -2.75. The largest absolute Gasteiger partial charge is 0.368 e. The maximum absolute atomic E-state index is 13.0. The summed E-state index contributed by atoms with van der Waals surface area (Å²) in [6, 6.07) is 1.45. The maximum atomic E-state index is 13.0. The summed E-state index contributed by atoms with van der Waals surface area (Å²) < 4.78 is 0. The van der Waals surface area contributed by atoms with Gasteiger partial charge in [-0.25, -0.2) is 4.79 Å². The van der Waals surface area contributed by atoms with Crippen LogP contribution >= 0.6 is 11.3 Å². The van der Waals surface area contributed by atoms with E-state index in [0.29, 0.717) is 6.42 Å². The summed E-state index contributed by atoms with van der Waals surface area (Å²) in [6.07, 6.45) is 2.36. The molecular weight excluding hydrogens is 330 g/mol.